The van der Waals surface area contributed by atoms with Crippen molar-refractivity contribution in [3.63, 3.8) is 0 Å². The Hall–Kier alpha value is -1.92. The third-order valence-corrected chi connectivity index (χ3v) is 8.56. The Morgan fingerprint density at radius 3 is 2.56 bits per heavy atom. The molecule has 0 saturated carbocycles. The molecule has 0 unspecified atom stereocenters. The lowest BCUT2D eigenvalue weighted by molar-refractivity contribution is -0.137. The van der Waals surface area contributed by atoms with E-state index in [0.29, 0.717) is 17.7 Å². The van der Waals surface area contributed by atoms with Crippen molar-refractivity contribution in [1.82, 2.24) is 0 Å². The van der Waals surface area contributed by atoms with Crippen LogP contribution in [0, 0.1) is 0 Å². The molecule has 1 aliphatic rings. The van der Waals surface area contributed by atoms with Gasteiger partial charge in [-0.1, -0.05) is 42.8 Å². The highest BCUT2D eigenvalue weighted by atomic mass is 32.2. The number of rotatable bonds is 5. The zero-order chi connectivity index (χ0) is 17.9. The van der Waals surface area contributed by atoms with Gasteiger partial charge in [-0.15, -0.1) is 11.3 Å². The fourth-order valence-electron chi connectivity index (χ4n) is 3.29. The van der Waals surface area contributed by atoms with Crippen LogP contribution in [0.15, 0.2) is 42.5 Å². The molecule has 2 heterocycles. The van der Waals surface area contributed by atoms with Gasteiger partial charge >= 0.3 is 5.97 Å². The first-order valence-corrected chi connectivity index (χ1v) is 10.7. The predicted octanol–water partition coefficient (Wildman–Crippen LogP) is 4.19. The highest BCUT2D eigenvalue weighted by Crippen LogP contribution is 2.46. The Kier molecular flexibility index (Phi) is 5.11. The summed E-state index contributed by atoms with van der Waals surface area (Å²) < 4.78 is 24.2. The van der Waals surface area contributed by atoms with E-state index < -0.39 is 20.6 Å². The van der Waals surface area contributed by atoms with Crippen LogP contribution >= 0.6 is 11.3 Å². The molecule has 0 bridgehead atoms. The fourth-order valence-corrected chi connectivity index (χ4v) is 6.97. The number of thiophene rings is 1. The minimum Gasteiger partial charge on any atom is -0.481 e. The van der Waals surface area contributed by atoms with E-state index in [9.17, 15) is 18.3 Å². The minimum absolute atomic E-state index is 0.0629. The Balaban J connectivity index is 1.94. The molecule has 1 fully saturated rings. The van der Waals surface area contributed by atoms with Gasteiger partial charge in [0.05, 0.1) is 12.2 Å². The van der Waals surface area contributed by atoms with Gasteiger partial charge < -0.3 is 5.11 Å². The van der Waals surface area contributed by atoms with Crippen molar-refractivity contribution in [2.75, 3.05) is 5.75 Å². The van der Waals surface area contributed by atoms with E-state index in [-0.39, 0.29) is 12.2 Å². The van der Waals surface area contributed by atoms with Crippen LogP contribution in [0.2, 0.25) is 0 Å². The Bertz CT molecular complexity index is 881. The van der Waals surface area contributed by atoms with Gasteiger partial charge in [-0.3, -0.25) is 4.79 Å². The van der Waals surface area contributed by atoms with Gasteiger partial charge in [0.15, 0.2) is 9.84 Å². The predicted molar refractivity (Wildman–Crippen MR) is 101 cm³/mol. The van der Waals surface area contributed by atoms with Crippen molar-refractivity contribution in [1.29, 1.82) is 0 Å². The zero-order valence-electron chi connectivity index (χ0n) is 13.7. The molecule has 3 rings (SSSR count). The van der Waals surface area contributed by atoms with Crippen molar-refractivity contribution in [3.05, 3.63) is 57.8 Å². The van der Waals surface area contributed by atoms with E-state index in [2.05, 4.69) is 0 Å². The minimum atomic E-state index is -3.48. The van der Waals surface area contributed by atoms with Gasteiger partial charge in [0.1, 0.15) is 4.75 Å². The first-order chi connectivity index (χ1) is 11.9. The number of benzene rings is 1. The zero-order valence-corrected chi connectivity index (χ0v) is 15.4. The molecule has 132 valence electrons. The Labute approximate surface area is 151 Å². The van der Waals surface area contributed by atoms with E-state index >= 15 is 0 Å². The second-order valence-electron chi connectivity index (χ2n) is 6.29. The number of carbonyl (C=O) groups is 1. The summed E-state index contributed by atoms with van der Waals surface area (Å²) in [6.45, 7) is 0. The van der Waals surface area contributed by atoms with Gasteiger partial charge in [-0.05, 0) is 36.6 Å². The number of carboxylic acid groups (broad SMARTS) is 1. The molecule has 0 aliphatic carbocycles. The number of hydrogen-bond donors (Lipinski definition) is 1. The highest BCUT2D eigenvalue weighted by Gasteiger charge is 2.49. The quantitative estimate of drug-likeness (QED) is 0.849. The number of sulfone groups is 1. The molecule has 0 amide bonds. The van der Waals surface area contributed by atoms with Crippen molar-refractivity contribution >= 4 is 39.3 Å². The highest BCUT2D eigenvalue weighted by molar-refractivity contribution is 7.92. The third kappa shape index (κ3) is 3.70. The SMILES string of the molecule is O=C(O)C[C@]1(c2ccc(/C=C/c3ccccc3)s2)CCCCS1(=O)=O. The van der Waals surface area contributed by atoms with Crippen LogP contribution in [-0.2, 0) is 19.4 Å². The van der Waals surface area contributed by atoms with E-state index in [1.165, 1.54) is 11.3 Å². The summed E-state index contributed by atoms with van der Waals surface area (Å²) in [6.07, 6.45) is 5.26. The average molecular weight is 376 g/mol. The molecule has 6 heteroatoms. The van der Waals surface area contributed by atoms with Crippen LogP contribution in [0.1, 0.15) is 41.0 Å². The number of hydrogen-bond acceptors (Lipinski definition) is 4. The maximum Gasteiger partial charge on any atom is 0.305 e. The first-order valence-electron chi connectivity index (χ1n) is 8.20. The van der Waals surface area contributed by atoms with Crippen LogP contribution in [0.25, 0.3) is 12.2 Å². The molecule has 1 aromatic carbocycles. The maximum absolute atomic E-state index is 12.8. The molecule has 25 heavy (non-hydrogen) atoms. The average Bonchev–Trinajstić information content (AvgIpc) is 3.05. The second kappa shape index (κ2) is 7.14. The summed E-state index contributed by atoms with van der Waals surface area (Å²) in [5.74, 6) is -1.01. The number of aliphatic carboxylic acids is 1. The summed E-state index contributed by atoms with van der Waals surface area (Å²) in [5.41, 5.74) is 1.06. The molecule has 4 nitrogen and oxygen atoms in total. The van der Waals surface area contributed by atoms with Gasteiger partial charge in [-0.2, -0.15) is 0 Å². The summed E-state index contributed by atoms with van der Waals surface area (Å²) >= 11 is 1.37. The molecule has 1 atom stereocenters. The number of carboxylic acids is 1. The van der Waals surface area contributed by atoms with Crippen molar-refractivity contribution in [2.45, 2.75) is 30.4 Å². The lowest BCUT2D eigenvalue weighted by Gasteiger charge is -2.34. The van der Waals surface area contributed by atoms with E-state index in [0.717, 1.165) is 16.9 Å². The Morgan fingerprint density at radius 2 is 1.88 bits per heavy atom. The van der Waals surface area contributed by atoms with Crippen LogP contribution in [0.4, 0.5) is 0 Å². The van der Waals surface area contributed by atoms with Gasteiger partial charge in [-0.25, -0.2) is 8.42 Å². The summed E-state index contributed by atoms with van der Waals surface area (Å²) in [4.78, 5) is 12.9. The molecule has 1 aromatic heterocycles. The van der Waals surface area contributed by atoms with Crippen LogP contribution in [-0.4, -0.2) is 25.2 Å². The summed E-state index contributed by atoms with van der Waals surface area (Å²) in [5, 5.41) is 9.31. The molecule has 2 aromatic rings. The molecule has 1 saturated heterocycles. The normalized spacial score (nSPS) is 22.9. The molecular formula is C19H20O4S2. The van der Waals surface area contributed by atoms with Gasteiger partial charge in [0.25, 0.3) is 0 Å². The van der Waals surface area contributed by atoms with Crippen molar-refractivity contribution in [2.24, 2.45) is 0 Å². The van der Waals surface area contributed by atoms with Crippen molar-refractivity contribution in [3.8, 4) is 0 Å². The Morgan fingerprint density at radius 1 is 1.12 bits per heavy atom. The van der Waals surface area contributed by atoms with Crippen LogP contribution in [0.3, 0.4) is 0 Å². The first kappa shape index (κ1) is 17.9. The molecule has 0 spiro atoms. The summed E-state index contributed by atoms with van der Waals surface area (Å²) in [6, 6.07) is 13.5. The van der Waals surface area contributed by atoms with Gasteiger partial charge in [0.2, 0.25) is 0 Å². The molecule has 1 aliphatic heterocycles. The smallest absolute Gasteiger partial charge is 0.305 e. The van der Waals surface area contributed by atoms with Crippen LogP contribution in [0.5, 0.6) is 0 Å². The monoisotopic (exact) mass is 376 g/mol. The van der Waals surface area contributed by atoms with E-state index in [4.69, 9.17) is 0 Å². The molecular weight excluding hydrogens is 356 g/mol. The molecule has 1 N–H and O–H groups in total. The van der Waals surface area contributed by atoms with E-state index in [1.807, 2.05) is 48.6 Å². The maximum atomic E-state index is 12.8. The van der Waals surface area contributed by atoms with Gasteiger partial charge in [0, 0.05) is 9.75 Å². The largest absolute Gasteiger partial charge is 0.481 e. The lowest BCUT2D eigenvalue weighted by atomic mass is 9.95. The lowest BCUT2D eigenvalue weighted by Crippen LogP contribution is -2.41. The van der Waals surface area contributed by atoms with E-state index in [1.54, 1.807) is 6.07 Å². The third-order valence-electron chi connectivity index (χ3n) is 4.59. The topological polar surface area (TPSA) is 71.4 Å². The van der Waals surface area contributed by atoms with Crippen LogP contribution < -0.4 is 0 Å². The summed E-state index contributed by atoms with van der Waals surface area (Å²) in [7, 11) is -3.48. The standard InChI is InChI=1S/C19H20O4S2/c20-18(21)14-19(12-4-5-13-25(19,22)23)17-11-10-16(24-17)9-8-15-6-2-1-3-7-15/h1-3,6-11H,4-5,12-14H2,(H,20,21)/b9-8+/t19-/m0/s1. The fraction of sp³-hybridized carbons (Fsp3) is 0.316. The second-order valence-corrected chi connectivity index (χ2v) is 9.82. The molecule has 0 radical (unpaired) electrons. The van der Waals surface area contributed by atoms with Crippen molar-refractivity contribution < 1.29 is 18.3 Å².